The minimum absolute atomic E-state index is 0.172. The Kier molecular flexibility index (Phi) is 4.00. The first kappa shape index (κ1) is 15.3. The summed E-state index contributed by atoms with van der Waals surface area (Å²) >= 11 is 0. The average Bonchev–Trinajstić information content (AvgIpc) is 2.27. The van der Waals surface area contributed by atoms with E-state index < -0.39 is 23.2 Å². The van der Waals surface area contributed by atoms with E-state index in [1.54, 1.807) is 13.8 Å². The number of ether oxygens (including phenoxy) is 1. The molecule has 0 aromatic rings. The van der Waals surface area contributed by atoms with Crippen LogP contribution in [0.5, 0.6) is 0 Å². The maximum Gasteiger partial charge on any atom is 0.417 e. The second-order valence-electron chi connectivity index (χ2n) is 5.50. The van der Waals surface area contributed by atoms with E-state index in [2.05, 4.69) is 0 Å². The second-order valence-corrected chi connectivity index (χ2v) is 5.50. The van der Waals surface area contributed by atoms with Crippen LogP contribution in [0.25, 0.3) is 0 Å². The number of carboxylic acid groups (broad SMARTS) is 1. The van der Waals surface area contributed by atoms with Gasteiger partial charge >= 0.3 is 12.1 Å². The van der Waals surface area contributed by atoms with Crippen LogP contribution in [0.2, 0.25) is 0 Å². The van der Waals surface area contributed by atoms with Crippen LogP contribution in [0.4, 0.5) is 13.2 Å². The number of hydrogen-bond acceptors (Lipinski definition) is 2. The van der Waals surface area contributed by atoms with Crippen LogP contribution in [0.3, 0.4) is 0 Å². The van der Waals surface area contributed by atoms with E-state index in [0.29, 0.717) is 0 Å². The lowest BCUT2D eigenvalue weighted by molar-refractivity contribution is -0.283. The zero-order valence-electron chi connectivity index (χ0n) is 10.8. The van der Waals surface area contributed by atoms with Gasteiger partial charge in [0.2, 0.25) is 0 Å². The van der Waals surface area contributed by atoms with Crippen LogP contribution in [0, 0.1) is 11.3 Å². The quantitative estimate of drug-likeness (QED) is 0.854. The van der Waals surface area contributed by atoms with E-state index in [9.17, 15) is 18.0 Å². The van der Waals surface area contributed by atoms with Crippen LogP contribution in [0.15, 0.2) is 0 Å². The van der Waals surface area contributed by atoms with E-state index in [0.717, 1.165) is 7.11 Å². The van der Waals surface area contributed by atoms with Gasteiger partial charge in [0.15, 0.2) is 5.60 Å². The van der Waals surface area contributed by atoms with Gasteiger partial charge in [-0.2, -0.15) is 13.2 Å². The molecule has 0 radical (unpaired) electrons. The van der Waals surface area contributed by atoms with Gasteiger partial charge < -0.3 is 9.84 Å². The molecule has 0 aromatic carbocycles. The third kappa shape index (κ3) is 2.48. The van der Waals surface area contributed by atoms with Crippen molar-refractivity contribution < 1.29 is 27.8 Å². The molecule has 0 spiro atoms. The smallest absolute Gasteiger partial charge is 0.417 e. The number of carbonyl (C=O) groups is 1. The monoisotopic (exact) mass is 268 g/mol. The molecule has 0 unspecified atom stereocenters. The fourth-order valence-electron chi connectivity index (χ4n) is 2.58. The predicted molar refractivity (Wildman–Crippen MR) is 59.2 cm³/mol. The van der Waals surface area contributed by atoms with E-state index in [4.69, 9.17) is 9.84 Å². The van der Waals surface area contributed by atoms with Crippen molar-refractivity contribution in [1.29, 1.82) is 0 Å². The van der Waals surface area contributed by atoms with Gasteiger partial charge in [0.1, 0.15) is 0 Å². The molecule has 1 aliphatic carbocycles. The highest BCUT2D eigenvalue weighted by atomic mass is 19.4. The lowest BCUT2D eigenvalue weighted by Gasteiger charge is -2.43. The Morgan fingerprint density at radius 3 is 2.00 bits per heavy atom. The zero-order chi connectivity index (χ0) is 14.2. The van der Waals surface area contributed by atoms with Crippen molar-refractivity contribution in [2.75, 3.05) is 7.11 Å². The van der Waals surface area contributed by atoms with Gasteiger partial charge in [-0.25, -0.2) is 0 Å². The number of hydrogen-bond donors (Lipinski definition) is 1. The van der Waals surface area contributed by atoms with Gasteiger partial charge in [0, 0.05) is 7.11 Å². The highest BCUT2D eigenvalue weighted by molar-refractivity contribution is 5.74. The number of halogens is 3. The molecule has 1 fully saturated rings. The minimum atomic E-state index is -4.40. The van der Waals surface area contributed by atoms with Crippen molar-refractivity contribution in [3.05, 3.63) is 0 Å². The molecular weight excluding hydrogens is 249 g/mol. The van der Waals surface area contributed by atoms with Crippen molar-refractivity contribution in [3.63, 3.8) is 0 Å². The van der Waals surface area contributed by atoms with Gasteiger partial charge in [-0.05, 0) is 45.4 Å². The Bertz CT molecular complexity index is 315. The first-order valence-corrected chi connectivity index (χ1v) is 5.92. The lowest BCUT2D eigenvalue weighted by atomic mass is 9.67. The van der Waals surface area contributed by atoms with Crippen LogP contribution >= 0.6 is 0 Å². The molecule has 0 aromatic heterocycles. The maximum absolute atomic E-state index is 12.9. The molecule has 3 nitrogen and oxygen atoms in total. The van der Waals surface area contributed by atoms with Crippen LogP contribution in [-0.4, -0.2) is 30.0 Å². The third-order valence-corrected chi connectivity index (χ3v) is 4.27. The number of methoxy groups -OCH3 is 1. The van der Waals surface area contributed by atoms with Crippen molar-refractivity contribution >= 4 is 5.97 Å². The summed E-state index contributed by atoms with van der Waals surface area (Å²) in [5, 5.41) is 9.09. The van der Waals surface area contributed by atoms with Gasteiger partial charge in [0.05, 0.1) is 5.41 Å². The van der Waals surface area contributed by atoms with Crippen molar-refractivity contribution in [3.8, 4) is 0 Å². The fraction of sp³-hybridized carbons (Fsp3) is 0.917. The molecule has 1 N–H and O–H groups in total. The third-order valence-electron chi connectivity index (χ3n) is 4.27. The number of carboxylic acids is 1. The number of aliphatic carboxylic acids is 1. The minimum Gasteiger partial charge on any atom is -0.481 e. The summed E-state index contributed by atoms with van der Waals surface area (Å²) in [6.07, 6.45) is -4.32. The molecule has 1 saturated carbocycles. The summed E-state index contributed by atoms with van der Waals surface area (Å²) in [7, 11) is 1.07. The molecule has 0 amide bonds. The molecule has 106 valence electrons. The summed E-state index contributed by atoms with van der Waals surface area (Å²) in [5.74, 6) is -1.22. The molecule has 0 bridgehead atoms. The molecule has 0 aliphatic heterocycles. The summed E-state index contributed by atoms with van der Waals surface area (Å²) in [4.78, 5) is 11.1. The Morgan fingerprint density at radius 2 is 1.72 bits per heavy atom. The Hall–Kier alpha value is -0.780. The molecule has 18 heavy (non-hydrogen) atoms. The van der Waals surface area contributed by atoms with E-state index in [1.807, 2.05) is 0 Å². The first-order chi connectivity index (χ1) is 8.07. The molecule has 1 aliphatic rings. The van der Waals surface area contributed by atoms with Crippen molar-refractivity contribution in [1.82, 2.24) is 0 Å². The SMILES string of the molecule is COC1(C(F)(F)F)CCC(C(C)(C)C(=O)O)CC1. The maximum atomic E-state index is 12.9. The lowest BCUT2D eigenvalue weighted by Crippen LogP contribution is -2.51. The highest BCUT2D eigenvalue weighted by Crippen LogP contribution is 2.49. The normalized spacial score (nSPS) is 30.2. The molecule has 6 heteroatoms. The van der Waals surface area contributed by atoms with Gasteiger partial charge in [-0.1, -0.05) is 0 Å². The second kappa shape index (κ2) is 4.72. The fourth-order valence-corrected chi connectivity index (χ4v) is 2.58. The molecule has 0 heterocycles. The topological polar surface area (TPSA) is 46.5 Å². The van der Waals surface area contributed by atoms with Crippen LogP contribution in [0.1, 0.15) is 39.5 Å². The Morgan fingerprint density at radius 1 is 1.28 bits per heavy atom. The predicted octanol–water partition coefficient (Wildman–Crippen LogP) is 3.23. The molecule has 1 rings (SSSR count). The van der Waals surface area contributed by atoms with Crippen molar-refractivity contribution in [2.45, 2.75) is 51.3 Å². The van der Waals surface area contributed by atoms with E-state index >= 15 is 0 Å². The Labute approximate surface area is 104 Å². The number of rotatable bonds is 3. The average molecular weight is 268 g/mol. The molecule has 0 atom stereocenters. The van der Waals surface area contributed by atoms with Gasteiger partial charge in [0.25, 0.3) is 0 Å². The van der Waals surface area contributed by atoms with Crippen LogP contribution in [-0.2, 0) is 9.53 Å². The molecule has 0 saturated heterocycles. The zero-order valence-corrected chi connectivity index (χ0v) is 10.8. The highest BCUT2D eigenvalue weighted by Gasteiger charge is 2.57. The van der Waals surface area contributed by atoms with Crippen LogP contribution < -0.4 is 0 Å². The number of alkyl halides is 3. The first-order valence-electron chi connectivity index (χ1n) is 5.92. The van der Waals surface area contributed by atoms with Crippen molar-refractivity contribution in [2.24, 2.45) is 11.3 Å². The summed E-state index contributed by atoms with van der Waals surface area (Å²) in [6, 6.07) is 0. The summed E-state index contributed by atoms with van der Waals surface area (Å²) < 4.78 is 43.5. The Balaban J connectivity index is 2.80. The van der Waals surface area contributed by atoms with E-state index in [-0.39, 0.29) is 31.6 Å². The summed E-state index contributed by atoms with van der Waals surface area (Å²) in [6.45, 7) is 3.13. The largest absolute Gasteiger partial charge is 0.481 e. The van der Waals surface area contributed by atoms with Gasteiger partial charge in [-0.15, -0.1) is 0 Å². The van der Waals surface area contributed by atoms with E-state index in [1.165, 1.54) is 0 Å². The van der Waals surface area contributed by atoms with Gasteiger partial charge in [-0.3, -0.25) is 4.79 Å². The standard InChI is InChI=1S/C12H19F3O3/c1-10(2,9(16)17)8-4-6-11(18-3,7-5-8)12(13,14)15/h8H,4-7H2,1-3H3,(H,16,17). The summed E-state index contributed by atoms with van der Waals surface area (Å²) in [5.41, 5.74) is -3.09. The molecular formula is C12H19F3O3.